The molecule has 6 unspecified atom stereocenters. The Morgan fingerprint density at radius 2 is 1.71 bits per heavy atom. The lowest BCUT2D eigenvalue weighted by molar-refractivity contribution is -0.0985. The van der Waals surface area contributed by atoms with E-state index in [1.165, 1.54) is 11.1 Å². The first-order valence-corrected chi connectivity index (χ1v) is 14.3. The summed E-state index contributed by atoms with van der Waals surface area (Å²) in [6.45, 7) is 10.8. The van der Waals surface area contributed by atoms with Crippen LogP contribution < -0.4 is 16.5 Å². The number of hydrogen-bond donors (Lipinski definition) is 5. The molecule has 208 valence electrons. The number of amidine groups is 1. The lowest BCUT2D eigenvalue weighted by Crippen LogP contribution is -2.53. The second-order valence-electron chi connectivity index (χ2n) is 13.6. The van der Waals surface area contributed by atoms with E-state index in [0.717, 1.165) is 42.7 Å². The molecule has 2 heterocycles. The first kappa shape index (κ1) is 26.3. The van der Waals surface area contributed by atoms with Gasteiger partial charge in [-0.3, -0.25) is 5.43 Å². The minimum absolute atomic E-state index is 0.0753. The zero-order valence-electron chi connectivity index (χ0n) is 23.3. The Morgan fingerprint density at radius 1 is 0.947 bits per heavy atom. The molecule has 5 aliphatic rings. The number of nitrogens with zero attached hydrogens (tertiary/aromatic N) is 1. The minimum Gasteiger partial charge on any atom is -0.390 e. The van der Waals surface area contributed by atoms with E-state index < -0.39 is 11.2 Å². The number of hydrazone groups is 1. The third-order valence-corrected chi connectivity index (χ3v) is 10.5. The summed E-state index contributed by atoms with van der Waals surface area (Å²) in [5.41, 5.74) is 11.4. The van der Waals surface area contributed by atoms with Gasteiger partial charge in [0.2, 0.25) is 0 Å². The SMILES string of the molecule is CC1(C)COCCC2=C3C(c4ccc(C5=NNNN5)cc4)CC4(C)C(CCC4(C)O)C3CCC2(O)COC1. The third kappa shape index (κ3) is 4.29. The summed E-state index contributed by atoms with van der Waals surface area (Å²) in [6, 6.07) is 8.61. The van der Waals surface area contributed by atoms with Crippen molar-refractivity contribution >= 4 is 5.84 Å². The lowest BCUT2D eigenvalue weighted by atomic mass is 9.51. The minimum atomic E-state index is -0.977. The Morgan fingerprint density at radius 3 is 2.45 bits per heavy atom. The molecule has 8 heteroatoms. The lowest BCUT2D eigenvalue weighted by Gasteiger charge is -2.55. The number of benzene rings is 1. The molecule has 2 saturated carbocycles. The van der Waals surface area contributed by atoms with Gasteiger partial charge in [-0.2, -0.15) is 0 Å². The number of allylic oxidation sites excluding steroid dienone is 1. The average Bonchev–Trinajstić information content (AvgIpc) is 3.49. The molecular formula is C30H44N4O4. The van der Waals surface area contributed by atoms with E-state index in [1.807, 2.05) is 6.92 Å². The Hall–Kier alpha value is -1.97. The fraction of sp³-hybridized carbons (Fsp3) is 0.700. The fourth-order valence-corrected chi connectivity index (χ4v) is 8.17. The molecule has 0 amide bonds. The molecule has 38 heavy (non-hydrogen) atoms. The van der Waals surface area contributed by atoms with Crippen molar-refractivity contribution in [3.05, 3.63) is 46.5 Å². The maximum absolute atomic E-state index is 12.2. The van der Waals surface area contributed by atoms with Crippen molar-refractivity contribution in [2.24, 2.45) is 27.8 Å². The highest BCUT2D eigenvalue weighted by molar-refractivity contribution is 5.98. The number of rotatable bonds is 2. The smallest absolute Gasteiger partial charge is 0.170 e. The van der Waals surface area contributed by atoms with Gasteiger partial charge >= 0.3 is 0 Å². The number of fused-ring (bicyclic) bond motifs is 4. The van der Waals surface area contributed by atoms with Gasteiger partial charge < -0.3 is 19.7 Å². The Kier molecular flexibility index (Phi) is 6.43. The van der Waals surface area contributed by atoms with Crippen molar-refractivity contribution < 1.29 is 19.7 Å². The molecule has 1 aromatic carbocycles. The molecule has 0 aromatic heterocycles. The van der Waals surface area contributed by atoms with Crippen molar-refractivity contribution in [3.8, 4) is 0 Å². The van der Waals surface area contributed by atoms with Gasteiger partial charge in [-0.15, -0.1) is 10.6 Å². The monoisotopic (exact) mass is 524 g/mol. The predicted octanol–water partition coefficient (Wildman–Crippen LogP) is 3.52. The number of hydrazine groups is 2. The van der Waals surface area contributed by atoms with Crippen molar-refractivity contribution in [3.63, 3.8) is 0 Å². The van der Waals surface area contributed by atoms with E-state index in [0.29, 0.717) is 51.1 Å². The zero-order chi connectivity index (χ0) is 26.8. The Balaban J connectivity index is 1.44. The van der Waals surface area contributed by atoms with E-state index >= 15 is 0 Å². The fourth-order valence-electron chi connectivity index (χ4n) is 8.17. The van der Waals surface area contributed by atoms with Gasteiger partial charge in [0.05, 0.1) is 32.0 Å². The van der Waals surface area contributed by atoms with Crippen LogP contribution in [0.2, 0.25) is 0 Å². The topological polar surface area (TPSA) is 107 Å². The van der Waals surface area contributed by atoms with Crippen molar-refractivity contribution in [1.29, 1.82) is 0 Å². The van der Waals surface area contributed by atoms with Gasteiger partial charge in [-0.25, -0.2) is 5.53 Å². The van der Waals surface area contributed by atoms with E-state index in [2.05, 4.69) is 66.6 Å². The molecule has 1 saturated heterocycles. The number of nitrogens with one attached hydrogen (secondary N) is 3. The van der Waals surface area contributed by atoms with Crippen molar-refractivity contribution in [2.75, 3.05) is 26.4 Å². The maximum Gasteiger partial charge on any atom is 0.170 e. The first-order valence-electron chi connectivity index (χ1n) is 14.3. The molecule has 6 rings (SSSR count). The van der Waals surface area contributed by atoms with Crippen LogP contribution >= 0.6 is 0 Å². The average molecular weight is 525 g/mol. The van der Waals surface area contributed by atoms with Gasteiger partial charge in [0.15, 0.2) is 5.84 Å². The molecule has 3 aliphatic carbocycles. The molecule has 2 aliphatic heterocycles. The first-order chi connectivity index (χ1) is 18.0. The summed E-state index contributed by atoms with van der Waals surface area (Å²) in [6.07, 6.45) is 5.06. The van der Waals surface area contributed by atoms with Crippen molar-refractivity contribution in [2.45, 2.75) is 83.3 Å². The van der Waals surface area contributed by atoms with E-state index in [4.69, 9.17) is 9.47 Å². The molecule has 3 fully saturated rings. The van der Waals surface area contributed by atoms with Gasteiger partial charge in [0.1, 0.15) is 5.60 Å². The summed E-state index contributed by atoms with van der Waals surface area (Å²) in [5.74, 6) is 1.63. The van der Waals surface area contributed by atoms with Crippen LogP contribution in [-0.4, -0.2) is 53.7 Å². The quantitative estimate of drug-likeness (QED) is 0.377. The van der Waals surface area contributed by atoms with Crippen LogP contribution in [0.4, 0.5) is 0 Å². The number of ether oxygens (including phenoxy) is 2. The van der Waals surface area contributed by atoms with Gasteiger partial charge in [0, 0.05) is 22.3 Å². The summed E-state index contributed by atoms with van der Waals surface area (Å²) in [7, 11) is 0. The van der Waals surface area contributed by atoms with Crippen LogP contribution in [0.1, 0.15) is 83.3 Å². The van der Waals surface area contributed by atoms with Gasteiger partial charge in [-0.1, -0.05) is 50.6 Å². The highest BCUT2D eigenvalue weighted by Crippen LogP contribution is 2.66. The summed E-state index contributed by atoms with van der Waals surface area (Å²) in [5, 5.41) is 28.0. The number of aliphatic hydroxyl groups is 2. The number of hydrogen-bond acceptors (Lipinski definition) is 8. The molecule has 0 radical (unpaired) electrons. The summed E-state index contributed by atoms with van der Waals surface area (Å²) < 4.78 is 12.3. The third-order valence-electron chi connectivity index (χ3n) is 10.5. The standard InChI is InChI=1S/C30H44N4O4/c1-27(2)16-37-14-11-24-25-21(9-13-30(24,36)18-38-17-27)23-10-12-29(4,35)28(23,3)15-22(25)19-5-7-20(8-6-19)26-31-33-34-32-26/h5-8,21-23,33-36H,9-18H2,1-4H3,(H,31,32). The summed E-state index contributed by atoms with van der Waals surface area (Å²) in [4.78, 5) is 0. The summed E-state index contributed by atoms with van der Waals surface area (Å²) >= 11 is 0. The predicted molar refractivity (Wildman–Crippen MR) is 146 cm³/mol. The molecule has 5 N–H and O–H groups in total. The molecule has 0 bridgehead atoms. The highest BCUT2D eigenvalue weighted by atomic mass is 16.5. The molecule has 0 spiro atoms. The normalized spacial score (nSPS) is 40.8. The largest absolute Gasteiger partial charge is 0.390 e. The highest BCUT2D eigenvalue weighted by Gasteiger charge is 2.62. The molecular weight excluding hydrogens is 480 g/mol. The zero-order valence-corrected chi connectivity index (χ0v) is 23.3. The second-order valence-corrected chi connectivity index (χ2v) is 13.6. The van der Waals surface area contributed by atoms with Crippen LogP contribution in [0.5, 0.6) is 0 Å². The van der Waals surface area contributed by atoms with Crippen LogP contribution in [0, 0.1) is 22.7 Å². The van der Waals surface area contributed by atoms with Gasteiger partial charge in [0.25, 0.3) is 0 Å². The van der Waals surface area contributed by atoms with Crippen LogP contribution in [0.15, 0.2) is 40.5 Å². The van der Waals surface area contributed by atoms with Gasteiger partial charge in [-0.05, 0) is 68.4 Å². The van der Waals surface area contributed by atoms with E-state index in [-0.39, 0.29) is 16.7 Å². The maximum atomic E-state index is 12.2. The Labute approximate surface area is 226 Å². The van der Waals surface area contributed by atoms with E-state index in [9.17, 15) is 10.2 Å². The van der Waals surface area contributed by atoms with Crippen molar-refractivity contribution in [1.82, 2.24) is 16.5 Å². The molecule has 6 atom stereocenters. The van der Waals surface area contributed by atoms with E-state index in [1.54, 1.807) is 0 Å². The van der Waals surface area contributed by atoms with Crippen LogP contribution in [-0.2, 0) is 9.47 Å². The van der Waals surface area contributed by atoms with Crippen LogP contribution in [0.3, 0.4) is 0 Å². The molecule has 1 aromatic rings. The second kappa shape index (κ2) is 9.30. The Bertz CT molecular complexity index is 1130. The van der Waals surface area contributed by atoms with Crippen LogP contribution in [0.25, 0.3) is 0 Å². The molecule has 8 nitrogen and oxygen atoms in total.